The standard InChI is InChI=1S/C18H28O5/c1-3-5-11-16(23-13-15-9-7-6-8-10-15)12-18(21,14-19)17(20)22-4-2/h6-10,16,19,21H,3-5,11-14H2,1-2H3. The molecule has 0 aliphatic rings. The van der Waals surface area contributed by atoms with Gasteiger partial charge in [0.1, 0.15) is 0 Å². The minimum Gasteiger partial charge on any atom is -0.464 e. The Morgan fingerprint density at radius 1 is 1.26 bits per heavy atom. The number of aliphatic hydroxyl groups excluding tert-OH is 1. The molecule has 1 aromatic rings. The summed E-state index contributed by atoms with van der Waals surface area (Å²) in [6, 6.07) is 9.72. The Kier molecular flexibility index (Phi) is 8.84. The van der Waals surface area contributed by atoms with Gasteiger partial charge < -0.3 is 19.7 Å². The first-order valence-electron chi connectivity index (χ1n) is 8.21. The van der Waals surface area contributed by atoms with Gasteiger partial charge in [0.15, 0.2) is 5.60 Å². The van der Waals surface area contributed by atoms with Crippen molar-refractivity contribution >= 4 is 5.97 Å². The molecule has 0 bridgehead atoms. The molecule has 0 heterocycles. The monoisotopic (exact) mass is 324 g/mol. The van der Waals surface area contributed by atoms with Gasteiger partial charge in [-0.25, -0.2) is 4.79 Å². The normalized spacial score (nSPS) is 15.0. The van der Waals surface area contributed by atoms with E-state index >= 15 is 0 Å². The van der Waals surface area contributed by atoms with Gasteiger partial charge in [0.05, 0.1) is 25.9 Å². The summed E-state index contributed by atoms with van der Waals surface area (Å²) in [5.74, 6) is -0.799. The van der Waals surface area contributed by atoms with Crippen LogP contribution in [0.1, 0.15) is 45.1 Å². The van der Waals surface area contributed by atoms with Gasteiger partial charge in [-0.2, -0.15) is 0 Å². The number of carbonyl (C=O) groups excluding carboxylic acids is 1. The third kappa shape index (κ3) is 6.69. The summed E-state index contributed by atoms with van der Waals surface area (Å²) in [5.41, 5.74) is -0.886. The van der Waals surface area contributed by atoms with Crippen LogP contribution in [0.5, 0.6) is 0 Å². The zero-order valence-electron chi connectivity index (χ0n) is 14.0. The second kappa shape index (κ2) is 10.4. The van der Waals surface area contributed by atoms with Gasteiger partial charge >= 0.3 is 5.97 Å². The lowest BCUT2D eigenvalue weighted by molar-refractivity contribution is -0.174. The number of unbranched alkanes of at least 4 members (excludes halogenated alkanes) is 1. The molecule has 2 N–H and O–H groups in total. The molecule has 0 aliphatic carbocycles. The van der Waals surface area contributed by atoms with Gasteiger partial charge in [0.25, 0.3) is 0 Å². The Balaban J connectivity index is 2.69. The molecule has 1 aromatic carbocycles. The number of esters is 1. The average Bonchev–Trinajstić information content (AvgIpc) is 2.58. The van der Waals surface area contributed by atoms with Crippen LogP contribution in [0.15, 0.2) is 30.3 Å². The van der Waals surface area contributed by atoms with E-state index in [1.54, 1.807) is 6.92 Å². The Labute approximate surface area is 138 Å². The van der Waals surface area contributed by atoms with Crippen molar-refractivity contribution in [3.8, 4) is 0 Å². The smallest absolute Gasteiger partial charge is 0.340 e. The SMILES string of the molecule is CCCCC(CC(O)(CO)C(=O)OCC)OCc1ccccc1. The topological polar surface area (TPSA) is 76.0 Å². The highest BCUT2D eigenvalue weighted by molar-refractivity contribution is 5.79. The summed E-state index contributed by atoms with van der Waals surface area (Å²) in [6.07, 6.45) is 2.32. The molecule has 0 saturated carbocycles. The number of carbonyl (C=O) groups is 1. The fraction of sp³-hybridized carbons (Fsp3) is 0.611. The van der Waals surface area contributed by atoms with Crippen molar-refractivity contribution in [1.29, 1.82) is 0 Å². The molecule has 0 aliphatic heterocycles. The molecule has 0 saturated heterocycles. The molecule has 2 unspecified atom stereocenters. The Bertz CT molecular complexity index is 448. The second-order valence-corrected chi connectivity index (χ2v) is 5.68. The number of hydrogen-bond acceptors (Lipinski definition) is 5. The number of rotatable bonds is 11. The molecule has 2 atom stereocenters. The van der Waals surface area contributed by atoms with Crippen molar-refractivity contribution in [2.45, 2.75) is 57.8 Å². The maximum absolute atomic E-state index is 11.9. The highest BCUT2D eigenvalue weighted by Crippen LogP contribution is 2.21. The molecule has 130 valence electrons. The van der Waals surface area contributed by atoms with Crippen molar-refractivity contribution in [2.75, 3.05) is 13.2 Å². The van der Waals surface area contributed by atoms with Crippen LogP contribution >= 0.6 is 0 Å². The van der Waals surface area contributed by atoms with Crippen LogP contribution < -0.4 is 0 Å². The number of benzene rings is 1. The Morgan fingerprint density at radius 2 is 1.96 bits per heavy atom. The molecule has 0 radical (unpaired) electrons. The molecular formula is C18H28O5. The highest BCUT2D eigenvalue weighted by Gasteiger charge is 2.39. The summed E-state index contributed by atoms with van der Waals surface area (Å²) >= 11 is 0. The summed E-state index contributed by atoms with van der Waals surface area (Å²) < 4.78 is 10.7. The minimum atomic E-state index is -1.91. The van der Waals surface area contributed by atoms with Crippen molar-refractivity contribution in [3.05, 3.63) is 35.9 Å². The third-order valence-corrected chi connectivity index (χ3v) is 3.69. The van der Waals surface area contributed by atoms with Crippen LogP contribution in [0.2, 0.25) is 0 Å². The van der Waals surface area contributed by atoms with Gasteiger partial charge in [-0.1, -0.05) is 50.1 Å². The molecule has 5 nitrogen and oxygen atoms in total. The lowest BCUT2D eigenvalue weighted by atomic mass is 9.94. The lowest BCUT2D eigenvalue weighted by Crippen LogP contribution is -2.46. The van der Waals surface area contributed by atoms with E-state index in [0.29, 0.717) is 13.0 Å². The van der Waals surface area contributed by atoms with E-state index in [-0.39, 0.29) is 19.1 Å². The van der Waals surface area contributed by atoms with E-state index in [2.05, 4.69) is 6.92 Å². The zero-order chi connectivity index (χ0) is 17.1. The fourth-order valence-corrected chi connectivity index (χ4v) is 2.32. The summed E-state index contributed by atoms with van der Waals surface area (Å²) in [7, 11) is 0. The summed E-state index contributed by atoms with van der Waals surface area (Å²) in [6.45, 7) is 3.61. The Morgan fingerprint density at radius 3 is 2.52 bits per heavy atom. The van der Waals surface area contributed by atoms with E-state index in [1.807, 2.05) is 30.3 Å². The van der Waals surface area contributed by atoms with Crippen LogP contribution in [0.3, 0.4) is 0 Å². The summed E-state index contributed by atoms with van der Waals surface area (Å²) in [5, 5.41) is 19.8. The molecule has 23 heavy (non-hydrogen) atoms. The van der Waals surface area contributed by atoms with Gasteiger partial charge in [0, 0.05) is 6.42 Å². The van der Waals surface area contributed by atoms with Crippen molar-refractivity contribution in [1.82, 2.24) is 0 Å². The number of ether oxygens (including phenoxy) is 2. The molecule has 0 fully saturated rings. The Hall–Kier alpha value is -1.43. The second-order valence-electron chi connectivity index (χ2n) is 5.68. The first-order chi connectivity index (χ1) is 11.1. The average molecular weight is 324 g/mol. The van der Waals surface area contributed by atoms with E-state index in [9.17, 15) is 15.0 Å². The van der Waals surface area contributed by atoms with E-state index in [1.165, 1.54) is 0 Å². The van der Waals surface area contributed by atoms with E-state index in [4.69, 9.17) is 9.47 Å². The predicted octanol–water partition coefficient (Wildman–Crippen LogP) is 2.44. The van der Waals surface area contributed by atoms with Gasteiger partial charge in [-0.15, -0.1) is 0 Å². The van der Waals surface area contributed by atoms with Crippen LogP contribution in [0.25, 0.3) is 0 Å². The van der Waals surface area contributed by atoms with Crippen LogP contribution in [0, 0.1) is 0 Å². The number of hydrogen-bond donors (Lipinski definition) is 2. The minimum absolute atomic E-state index is 0.0230. The molecule has 1 rings (SSSR count). The van der Waals surface area contributed by atoms with Crippen LogP contribution in [-0.2, 0) is 20.9 Å². The lowest BCUT2D eigenvalue weighted by Gasteiger charge is -2.28. The largest absolute Gasteiger partial charge is 0.464 e. The van der Waals surface area contributed by atoms with Crippen molar-refractivity contribution in [2.24, 2.45) is 0 Å². The molecule has 0 amide bonds. The molecule has 0 spiro atoms. The fourth-order valence-electron chi connectivity index (χ4n) is 2.32. The summed E-state index contributed by atoms with van der Waals surface area (Å²) in [4.78, 5) is 11.9. The highest BCUT2D eigenvalue weighted by atomic mass is 16.6. The zero-order valence-corrected chi connectivity index (χ0v) is 14.0. The molecule has 5 heteroatoms. The number of aliphatic hydroxyl groups is 2. The first kappa shape index (κ1) is 19.6. The molecule has 0 aromatic heterocycles. The van der Waals surface area contributed by atoms with Gasteiger partial charge in [-0.3, -0.25) is 0 Å². The van der Waals surface area contributed by atoms with Crippen LogP contribution in [-0.4, -0.2) is 41.1 Å². The van der Waals surface area contributed by atoms with Crippen molar-refractivity contribution < 1.29 is 24.5 Å². The maximum atomic E-state index is 11.9. The van der Waals surface area contributed by atoms with Crippen LogP contribution in [0.4, 0.5) is 0 Å². The quantitative estimate of drug-likeness (QED) is 0.612. The van der Waals surface area contributed by atoms with Gasteiger partial charge in [0.2, 0.25) is 0 Å². The first-order valence-corrected chi connectivity index (χ1v) is 8.21. The molecular weight excluding hydrogens is 296 g/mol. The predicted molar refractivity (Wildman–Crippen MR) is 87.8 cm³/mol. The van der Waals surface area contributed by atoms with Gasteiger partial charge in [-0.05, 0) is 18.9 Å². The third-order valence-electron chi connectivity index (χ3n) is 3.69. The van der Waals surface area contributed by atoms with E-state index < -0.39 is 18.2 Å². The maximum Gasteiger partial charge on any atom is 0.340 e. The van der Waals surface area contributed by atoms with Crippen molar-refractivity contribution in [3.63, 3.8) is 0 Å². The van der Waals surface area contributed by atoms with E-state index in [0.717, 1.165) is 18.4 Å².